The fourth-order valence-corrected chi connectivity index (χ4v) is 4.20. The van der Waals surface area contributed by atoms with Crippen LogP contribution in [0.2, 0.25) is 0 Å². The number of anilines is 2. The Labute approximate surface area is 168 Å². The van der Waals surface area contributed by atoms with Crippen molar-refractivity contribution in [1.29, 1.82) is 0 Å². The first-order chi connectivity index (χ1) is 13.6. The number of nitrogens with one attached hydrogen (secondary N) is 1. The van der Waals surface area contributed by atoms with Gasteiger partial charge in [0, 0.05) is 23.8 Å². The molecule has 6 nitrogen and oxygen atoms in total. The molecule has 1 N–H and O–H groups in total. The second-order valence-corrected chi connectivity index (χ2v) is 7.88. The van der Waals surface area contributed by atoms with Crippen LogP contribution in [0, 0.1) is 0 Å². The molecule has 146 valence electrons. The van der Waals surface area contributed by atoms with Crippen LogP contribution in [0.5, 0.6) is 11.5 Å². The summed E-state index contributed by atoms with van der Waals surface area (Å²) in [5.74, 6) is 1.62. The molecule has 0 radical (unpaired) electrons. The number of para-hydroxylation sites is 2. The topological polar surface area (TPSA) is 67.9 Å². The molecule has 2 heterocycles. The van der Waals surface area contributed by atoms with Crippen LogP contribution in [0.3, 0.4) is 0 Å². The van der Waals surface area contributed by atoms with Crippen LogP contribution in [0.4, 0.5) is 11.4 Å². The van der Waals surface area contributed by atoms with Gasteiger partial charge in [-0.15, -0.1) is 11.8 Å². The van der Waals surface area contributed by atoms with Gasteiger partial charge in [0.05, 0.1) is 30.3 Å². The lowest BCUT2D eigenvalue weighted by Crippen LogP contribution is -2.40. The van der Waals surface area contributed by atoms with Gasteiger partial charge in [0.1, 0.15) is 0 Å². The molecule has 0 unspecified atom stereocenters. The van der Waals surface area contributed by atoms with E-state index in [1.54, 1.807) is 4.90 Å². The van der Waals surface area contributed by atoms with E-state index in [2.05, 4.69) is 5.32 Å². The first-order valence-corrected chi connectivity index (χ1v) is 10.3. The summed E-state index contributed by atoms with van der Waals surface area (Å²) >= 11 is 1.45. The lowest BCUT2D eigenvalue weighted by atomic mass is 10.2. The van der Waals surface area contributed by atoms with E-state index in [4.69, 9.17) is 9.47 Å². The average molecular weight is 398 g/mol. The summed E-state index contributed by atoms with van der Waals surface area (Å²) in [6, 6.07) is 13.0. The minimum absolute atomic E-state index is 0.0337. The molecule has 0 fully saturated rings. The van der Waals surface area contributed by atoms with E-state index in [1.165, 1.54) is 11.8 Å². The highest BCUT2D eigenvalue weighted by Crippen LogP contribution is 2.35. The van der Waals surface area contributed by atoms with Crippen molar-refractivity contribution >= 4 is 35.0 Å². The molecule has 2 aliphatic rings. The number of nitrogens with zero attached hydrogens (tertiary/aromatic N) is 1. The maximum atomic E-state index is 13.1. The first kappa shape index (κ1) is 18.7. The van der Waals surface area contributed by atoms with Crippen molar-refractivity contribution in [2.24, 2.45) is 0 Å². The highest BCUT2D eigenvalue weighted by Gasteiger charge is 2.29. The Morgan fingerprint density at radius 3 is 2.82 bits per heavy atom. The lowest BCUT2D eigenvalue weighted by Gasteiger charge is -2.27. The quantitative estimate of drug-likeness (QED) is 0.799. The number of fused-ring (bicyclic) bond motifs is 2. The number of hydrogen-bond acceptors (Lipinski definition) is 5. The van der Waals surface area contributed by atoms with E-state index in [-0.39, 0.29) is 30.0 Å². The van der Waals surface area contributed by atoms with Crippen LogP contribution in [-0.4, -0.2) is 36.8 Å². The van der Waals surface area contributed by atoms with Crippen molar-refractivity contribution in [3.63, 3.8) is 0 Å². The van der Waals surface area contributed by atoms with Gasteiger partial charge in [0.2, 0.25) is 11.8 Å². The second kappa shape index (κ2) is 8.14. The fourth-order valence-electron chi connectivity index (χ4n) is 3.42. The Bertz CT molecular complexity index is 902. The summed E-state index contributed by atoms with van der Waals surface area (Å²) in [6.45, 7) is 3.18. The molecule has 2 aliphatic heterocycles. The standard InChI is InChI=1S/C21H22N2O4S/c1-14-11-20(24)22-16-5-2-3-6-17(16)23(14)21(25)13-28-15-7-8-18-19(12-15)27-10-4-9-26-18/h2-3,5-8,12,14H,4,9-11,13H2,1H3,(H,22,24)/t14-/m1/s1. The summed E-state index contributed by atoms with van der Waals surface area (Å²) in [4.78, 5) is 27.8. The Hall–Kier alpha value is -2.67. The van der Waals surface area contributed by atoms with Gasteiger partial charge in [-0.2, -0.15) is 0 Å². The SMILES string of the molecule is C[C@@H]1CC(=O)Nc2ccccc2N1C(=O)CSc1ccc2c(c1)OCCCO2. The van der Waals surface area contributed by atoms with E-state index < -0.39 is 0 Å². The predicted octanol–water partition coefficient (Wildman–Crippen LogP) is 3.70. The molecule has 0 spiro atoms. The monoisotopic (exact) mass is 398 g/mol. The van der Waals surface area contributed by atoms with Crippen molar-refractivity contribution < 1.29 is 19.1 Å². The van der Waals surface area contributed by atoms with E-state index in [0.29, 0.717) is 18.9 Å². The van der Waals surface area contributed by atoms with Crippen LogP contribution in [0.25, 0.3) is 0 Å². The van der Waals surface area contributed by atoms with Gasteiger partial charge in [0.15, 0.2) is 11.5 Å². The van der Waals surface area contributed by atoms with Gasteiger partial charge in [0.25, 0.3) is 0 Å². The van der Waals surface area contributed by atoms with Crippen molar-refractivity contribution in [1.82, 2.24) is 0 Å². The third-order valence-electron chi connectivity index (χ3n) is 4.71. The number of carbonyl (C=O) groups is 2. The zero-order valence-electron chi connectivity index (χ0n) is 15.6. The van der Waals surface area contributed by atoms with Crippen LogP contribution in [0.1, 0.15) is 19.8 Å². The highest BCUT2D eigenvalue weighted by atomic mass is 32.2. The second-order valence-electron chi connectivity index (χ2n) is 6.83. The number of rotatable bonds is 3. The molecule has 4 rings (SSSR count). The maximum absolute atomic E-state index is 13.1. The van der Waals surface area contributed by atoms with E-state index in [1.807, 2.05) is 49.4 Å². The number of amides is 2. The van der Waals surface area contributed by atoms with Gasteiger partial charge in [-0.05, 0) is 37.3 Å². The van der Waals surface area contributed by atoms with Crippen molar-refractivity contribution in [2.75, 3.05) is 29.2 Å². The number of benzene rings is 2. The molecule has 7 heteroatoms. The first-order valence-electron chi connectivity index (χ1n) is 9.35. The number of ether oxygens (including phenoxy) is 2. The molecule has 2 amide bonds. The third kappa shape index (κ3) is 3.94. The zero-order chi connectivity index (χ0) is 19.5. The smallest absolute Gasteiger partial charge is 0.237 e. The van der Waals surface area contributed by atoms with E-state index in [0.717, 1.165) is 28.5 Å². The summed E-state index contributed by atoms with van der Waals surface area (Å²) in [6.07, 6.45) is 1.13. The lowest BCUT2D eigenvalue weighted by molar-refractivity contribution is -0.117. The molecule has 28 heavy (non-hydrogen) atoms. The summed E-state index contributed by atoms with van der Waals surface area (Å²) in [5, 5.41) is 2.88. The van der Waals surface area contributed by atoms with Crippen LogP contribution >= 0.6 is 11.8 Å². The molecule has 0 saturated carbocycles. The summed E-state index contributed by atoms with van der Waals surface area (Å²) in [5.41, 5.74) is 1.41. The fraction of sp³-hybridized carbons (Fsp3) is 0.333. The molecule has 0 saturated heterocycles. The number of hydrogen-bond donors (Lipinski definition) is 1. The minimum atomic E-state index is -0.208. The molecular weight excluding hydrogens is 376 g/mol. The van der Waals surface area contributed by atoms with Crippen LogP contribution in [0.15, 0.2) is 47.4 Å². The van der Waals surface area contributed by atoms with Crippen molar-refractivity contribution in [2.45, 2.75) is 30.7 Å². The number of carbonyl (C=O) groups excluding carboxylic acids is 2. The van der Waals surface area contributed by atoms with Gasteiger partial charge in [-0.1, -0.05) is 12.1 Å². The van der Waals surface area contributed by atoms with Gasteiger partial charge >= 0.3 is 0 Å². The predicted molar refractivity (Wildman–Crippen MR) is 109 cm³/mol. The van der Waals surface area contributed by atoms with E-state index >= 15 is 0 Å². The van der Waals surface area contributed by atoms with Gasteiger partial charge in [-0.25, -0.2) is 0 Å². The maximum Gasteiger partial charge on any atom is 0.237 e. The Morgan fingerprint density at radius 1 is 1.18 bits per heavy atom. The minimum Gasteiger partial charge on any atom is -0.490 e. The molecule has 0 bridgehead atoms. The summed E-state index contributed by atoms with van der Waals surface area (Å²) < 4.78 is 11.4. The number of thioether (sulfide) groups is 1. The Morgan fingerprint density at radius 2 is 1.96 bits per heavy atom. The van der Waals surface area contributed by atoms with Crippen molar-refractivity contribution in [3.8, 4) is 11.5 Å². The zero-order valence-corrected chi connectivity index (χ0v) is 16.5. The van der Waals surface area contributed by atoms with Gasteiger partial charge < -0.3 is 19.7 Å². The summed E-state index contributed by atoms with van der Waals surface area (Å²) in [7, 11) is 0. The Kier molecular flexibility index (Phi) is 5.43. The molecule has 2 aromatic rings. The molecule has 1 atom stereocenters. The third-order valence-corrected chi connectivity index (χ3v) is 5.69. The molecule has 0 aliphatic carbocycles. The largest absolute Gasteiger partial charge is 0.490 e. The average Bonchev–Trinajstić information content (AvgIpc) is 2.99. The normalized spacial score (nSPS) is 18.5. The molecular formula is C21H22N2O4S. The molecule has 0 aromatic heterocycles. The van der Waals surface area contributed by atoms with E-state index in [9.17, 15) is 9.59 Å². The van der Waals surface area contributed by atoms with Crippen LogP contribution < -0.4 is 19.7 Å². The van der Waals surface area contributed by atoms with Crippen LogP contribution in [-0.2, 0) is 9.59 Å². The van der Waals surface area contributed by atoms with Gasteiger partial charge in [-0.3, -0.25) is 9.59 Å². The van der Waals surface area contributed by atoms with Crippen molar-refractivity contribution in [3.05, 3.63) is 42.5 Å². The molecule has 2 aromatic carbocycles. The highest BCUT2D eigenvalue weighted by molar-refractivity contribution is 8.00. The Balaban J connectivity index is 1.50.